The first-order valence-corrected chi connectivity index (χ1v) is 11.5. The van der Waals surface area contributed by atoms with Gasteiger partial charge >= 0.3 is 0 Å². The molecule has 172 valence electrons. The SMILES string of the molecule is COc1ccc(C)cc1N(CC(=O)N/N=C\c1ccccc1F)S(=O)(=O)c1ccc(C)cc1. The number of amides is 1. The van der Waals surface area contributed by atoms with Crippen LogP contribution in [0.2, 0.25) is 0 Å². The zero-order valence-corrected chi connectivity index (χ0v) is 19.3. The lowest BCUT2D eigenvalue weighted by Crippen LogP contribution is -2.39. The summed E-state index contributed by atoms with van der Waals surface area (Å²) in [6.45, 7) is 3.09. The second-order valence-corrected chi connectivity index (χ2v) is 9.18. The van der Waals surface area contributed by atoms with Gasteiger partial charge in [0.05, 0.1) is 23.9 Å². The van der Waals surface area contributed by atoms with Gasteiger partial charge in [0.1, 0.15) is 18.1 Å². The Labute approximate surface area is 192 Å². The summed E-state index contributed by atoms with van der Waals surface area (Å²) in [6, 6.07) is 17.3. The van der Waals surface area contributed by atoms with E-state index in [1.54, 1.807) is 43.3 Å². The van der Waals surface area contributed by atoms with Crippen molar-refractivity contribution in [1.82, 2.24) is 5.43 Å². The molecule has 0 bridgehead atoms. The van der Waals surface area contributed by atoms with Gasteiger partial charge in [0, 0.05) is 5.56 Å². The van der Waals surface area contributed by atoms with E-state index >= 15 is 0 Å². The summed E-state index contributed by atoms with van der Waals surface area (Å²) >= 11 is 0. The molecule has 0 heterocycles. The second kappa shape index (κ2) is 10.3. The van der Waals surface area contributed by atoms with Gasteiger partial charge in [0.15, 0.2) is 0 Å². The molecule has 0 saturated heterocycles. The number of ether oxygens (including phenoxy) is 1. The number of carbonyl (C=O) groups is 1. The molecule has 0 unspecified atom stereocenters. The number of sulfonamides is 1. The monoisotopic (exact) mass is 469 g/mol. The number of halogens is 1. The van der Waals surface area contributed by atoms with E-state index < -0.39 is 28.3 Å². The van der Waals surface area contributed by atoms with Gasteiger partial charge < -0.3 is 4.74 Å². The Balaban J connectivity index is 1.94. The van der Waals surface area contributed by atoms with Crippen molar-refractivity contribution in [3.8, 4) is 5.75 Å². The van der Waals surface area contributed by atoms with Crippen LogP contribution in [0.25, 0.3) is 0 Å². The summed E-state index contributed by atoms with van der Waals surface area (Å²) in [5, 5.41) is 3.76. The van der Waals surface area contributed by atoms with Crippen LogP contribution in [0, 0.1) is 19.7 Å². The molecule has 9 heteroatoms. The molecule has 0 saturated carbocycles. The topological polar surface area (TPSA) is 88.1 Å². The molecule has 7 nitrogen and oxygen atoms in total. The molecule has 0 fully saturated rings. The maximum absolute atomic E-state index is 13.7. The quantitative estimate of drug-likeness (QED) is 0.402. The van der Waals surface area contributed by atoms with Crippen LogP contribution < -0.4 is 14.5 Å². The smallest absolute Gasteiger partial charge is 0.264 e. The van der Waals surface area contributed by atoms with Crippen LogP contribution in [0.15, 0.2) is 76.7 Å². The molecule has 1 N–H and O–H groups in total. The van der Waals surface area contributed by atoms with E-state index in [0.29, 0.717) is 5.75 Å². The maximum Gasteiger partial charge on any atom is 0.264 e. The molecule has 0 aliphatic rings. The average molecular weight is 470 g/mol. The number of benzene rings is 3. The largest absolute Gasteiger partial charge is 0.495 e. The summed E-state index contributed by atoms with van der Waals surface area (Å²) in [6.07, 6.45) is 1.15. The Morgan fingerprint density at radius 2 is 1.73 bits per heavy atom. The third-order valence-corrected chi connectivity index (χ3v) is 6.57. The summed E-state index contributed by atoms with van der Waals surface area (Å²) in [7, 11) is -2.70. The van der Waals surface area contributed by atoms with Crippen molar-refractivity contribution < 1.29 is 22.3 Å². The highest BCUT2D eigenvalue weighted by Gasteiger charge is 2.29. The van der Waals surface area contributed by atoms with Crippen LogP contribution in [0.5, 0.6) is 5.75 Å². The molecule has 1 amide bonds. The zero-order chi connectivity index (χ0) is 24.0. The minimum Gasteiger partial charge on any atom is -0.495 e. The molecular formula is C24H24FN3O4S. The number of hydrazone groups is 1. The average Bonchev–Trinajstić information content (AvgIpc) is 2.79. The summed E-state index contributed by atoms with van der Waals surface area (Å²) < 4.78 is 47.1. The van der Waals surface area contributed by atoms with Crippen LogP contribution in [-0.2, 0) is 14.8 Å². The van der Waals surface area contributed by atoms with Crippen molar-refractivity contribution in [3.63, 3.8) is 0 Å². The number of nitrogens with one attached hydrogen (secondary N) is 1. The molecule has 0 aliphatic carbocycles. The minimum absolute atomic E-state index is 0.0271. The van der Waals surface area contributed by atoms with E-state index in [0.717, 1.165) is 21.6 Å². The molecule has 3 aromatic carbocycles. The van der Waals surface area contributed by atoms with Crippen molar-refractivity contribution in [3.05, 3.63) is 89.2 Å². The van der Waals surface area contributed by atoms with Crippen LogP contribution in [-0.4, -0.2) is 34.2 Å². The third kappa shape index (κ3) is 5.75. The van der Waals surface area contributed by atoms with Gasteiger partial charge in [-0.05, 0) is 49.7 Å². The maximum atomic E-state index is 13.7. The van der Waals surface area contributed by atoms with Crippen LogP contribution in [0.1, 0.15) is 16.7 Å². The summed E-state index contributed by atoms with van der Waals surface area (Å²) in [4.78, 5) is 12.7. The van der Waals surface area contributed by atoms with Crippen LogP contribution in [0.4, 0.5) is 10.1 Å². The fraction of sp³-hybridized carbons (Fsp3) is 0.167. The molecule has 0 radical (unpaired) electrons. The van der Waals surface area contributed by atoms with E-state index in [1.807, 2.05) is 6.92 Å². The number of hydrogen-bond donors (Lipinski definition) is 1. The second-order valence-electron chi connectivity index (χ2n) is 7.31. The predicted octanol–water partition coefficient (Wildman–Crippen LogP) is 3.80. The van der Waals surface area contributed by atoms with Gasteiger partial charge in [-0.2, -0.15) is 5.10 Å². The Morgan fingerprint density at radius 1 is 1.06 bits per heavy atom. The highest BCUT2D eigenvalue weighted by Crippen LogP contribution is 2.33. The van der Waals surface area contributed by atoms with E-state index in [9.17, 15) is 17.6 Å². The Kier molecular flexibility index (Phi) is 7.44. The van der Waals surface area contributed by atoms with Gasteiger partial charge in [-0.1, -0.05) is 42.0 Å². The number of anilines is 1. The number of methoxy groups -OCH3 is 1. The first-order chi connectivity index (χ1) is 15.7. The van der Waals surface area contributed by atoms with Gasteiger partial charge in [-0.25, -0.2) is 18.2 Å². The van der Waals surface area contributed by atoms with Gasteiger partial charge in [-0.3, -0.25) is 9.10 Å². The normalized spacial score (nSPS) is 11.4. The van der Waals surface area contributed by atoms with E-state index in [-0.39, 0.29) is 16.1 Å². The van der Waals surface area contributed by atoms with E-state index in [2.05, 4.69) is 10.5 Å². The Bertz CT molecular complexity index is 1280. The minimum atomic E-state index is -4.12. The molecular weight excluding hydrogens is 445 g/mol. The number of hydrogen-bond acceptors (Lipinski definition) is 5. The van der Waals surface area contributed by atoms with Crippen LogP contribution in [0.3, 0.4) is 0 Å². The van der Waals surface area contributed by atoms with Crippen molar-refractivity contribution in [1.29, 1.82) is 0 Å². The van der Waals surface area contributed by atoms with Gasteiger partial charge in [-0.15, -0.1) is 0 Å². The van der Waals surface area contributed by atoms with Crippen molar-refractivity contribution in [2.45, 2.75) is 18.7 Å². The number of carbonyl (C=O) groups excluding carboxylic acids is 1. The van der Waals surface area contributed by atoms with Crippen molar-refractivity contribution in [2.75, 3.05) is 18.0 Å². The lowest BCUT2D eigenvalue weighted by molar-refractivity contribution is -0.119. The molecule has 0 aliphatic heterocycles. The van der Waals surface area contributed by atoms with Gasteiger partial charge in [0.2, 0.25) is 0 Å². The number of aryl methyl sites for hydroxylation is 2. The molecule has 0 atom stereocenters. The Hall–Kier alpha value is -3.72. The molecule has 0 spiro atoms. The number of nitrogens with zero attached hydrogens (tertiary/aromatic N) is 2. The zero-order valence-electron chi connectivity index (χ0n) is 18.4. The molecule has 33 heavy (non-hydrogen) atoms. The highest BCUT2D eigenvalue weighted by atomic mass is 32.2. The van der Waals surface area contributed by atoms with Gasteiger partial charge in [0.25, 0.3) is 15.9 Å². The summed E-state index contributed by atoms with van der Waals surface area (Å²) in [5.41, 5.74) is 4.34. The first kappa shape index (κ1) is 23.9. The highest BCUT2D eigenvalue weighted by molar-refractivity contribution is 7.92. The first-order valence-electron chi connectivity index (χ1n) is 10.0. The van der Waals surface area contributed by atoms with E-state index in [4.69, 9.17) is 4.74 Å². The van der Waals surface area contributed by atoms with Crippen molar-refractivity contribution in [2.24, 2.45) is 5.10 Å². The number of rotatable bonds is 8. The lowest BCUT2D eigenvalue weighted by Gasteiger charge is -2.25. The Morgan fingerprint density at radius 3 is 2.39 bits per heavy atom. The molecule has 0 aromatic heterocycles. The fourth-order valence-electron chi connectivity index (χ4n) is 3.05. The summed E-state index contributed by atoms with van der Waals surface area (Å²) in [5.74, 6) is -0.913. The van der Waals surface area contributed by atoms with E-state index in [1.165, 1.54) is 37.4 Å². The molecule has 3 aromatic rings. The van der Waals surface area contributed by atoms with Crippen molar-refractivity contribution >= 4 is 27.8 Å². The standard InChI is InChI=1S/C24H24FN3O4S/c1-17-8-11-20(12-9-17)33(30,31)28(22-14-18(2)10-13-23(22)32-3)16-24(29)27-26-15-19-6-4-5-7-21(19)25/h4-15H,16H2,1-3H3,(H,27,29)/b26-15-. The predicted molar refractivity (Wildman–Crippen MR) is 126 cm³/mol. The third-order valence-electron chi connectivity index (χ3n) is 4.80. The fourth-order valence-corrected chi connectivity index (χ4v) is 4.47. The lowest BCUT2D eigenvalue weighted by atomic mass is 10.2. The van der Waals surface area contributed by atoms with Crippen LogP contribution >= 0.6 is 0 Å². The molecule has 3 rings (SSSR count).